The lowest BCUT2D eigenvalue weighted by Crippen LogP contribution is -2.30. The minimum absolute atomic E-state index is 0.124. The molecule has 17 heavy (non-hydrogen) atoms. The number of para-hydroxylation sites is 1. The summed E-state index contributed by atoms with van der Waals surface area (Å²) in [7, 11) is 0. The fourth-order valence-electron chi connectivity index (χ4n) is 1.74. The van der Waals surface area contributed by atoms with Crippen LogP contribution >= 0.6 is 11.8 Å². The van der Waals surface area contributed by atoms with Crippen LogP contribution in [0.2, 0.25) is 0 Å². The summed E-state index contributed by atoms with van der Waals surface area (Å²) in [5.41, 5.74) is 2.06. The van der Waals surface area contributed by atoms with Gasteiger partial charge in [-0.3, -0.25) is 14.7 Å². The van der Waals surface area contributed by atoms with Gasteiger partial charge in [-0.25, -0.2) is 0 Å². The lowest BCUT2D eigenvalue weighted by molar-refractivity contribution is -0.115. The van der Waals surface area contributed by atoms with Crippen LogP contribution in [0.1, 0.15) is 18.9 Å². The van der Waals surface area contributed by atoms with Crippen molar-refractivity contribution in [3.63, 3.8) is 0 Å². The van der Waals surface area contributed by atoms with E-state index in [4.69, 9.17) is 0 Å². The maximum absolute atomic E-state index is 11.9. The second kappa shape index (κ2) is 5.36. The molecule has 1 aliphatic heterocycles. The molecule has 0 aliphatic carbocycles. The summed E-state index contributed by atoms with van der Waals surface area (Å²) in [6.45, 7) is 4.88. The molecule has 1 fully saturated rings. The van der Waals surface area contributed by atoms with Gasteiger partial charge in [0, 0.05) is 6.54 Å². The maximum atomic E-state index is 11.9. The molecule has 3 nitrogen and oxygen atoms in total. The maximum Gasteiger partial charge on any atom is 0.243 e. The Hall–Kier alpha value is -1.29. The quantitative estimate of drug-likeness (QED) is 0.824. The molecule has 4 heteroatoms. The molecular weight excluding hydrogens is 232 g/mol. The Morgan fingerprint density at radius 1 is 1.41 bits per heavy atom. The highest BCUT2D eigenvalue weighted by molar-refractivity contribution is 8.15. The fourth-order valence-corrected chi connectivity index (χ4v) is 2.63. The summed E-state index contributed by atoms with van der Waals surface area (Å²) in [6.07, 6.45) is 1.000. The number of nitrogens with zero attached hydrogens (tertiary/aromatic N) is 2. The number of benzene rings is 1. The zero-order valence-electron chi connectivity index (χ0n) is 10.1. The number of carbonyl (C=O) groups is 1. The molecule has 0 aromatic heterocycles. The second-order valence-electron chi connectivity index (χ2n) is 3.97. The molecule has 0 unspecified atom stereocenters. The zero-order chi connectivity index (χ0) is 12.3. The summed E-state index contributed by atoms with van der Waals surface area (Å²) < 4.78 is 0. The van der Waals surface area contributed by atoms with E-state index >= 15 is 0 Å². The number of hydrogen-bond acceptors (Lipinski definition) is 3. The molecule has 1 saturated heterocycles. The molecule has 1 heterocycles. The third-order valence-corrected chi connectivity index (χ3v) is 3.55. The zero-order valence-corrected chi connectivity index (χ0v) is 11.0. The van der Waals surface area contributed by atoms with Gasteiger partial charge in [-0.1, -0.05) is 36.9 Å². The molecule has 0 spiro atoms. The van der Waals surface area contributed by atoms with E-state index in [0.717, 1.165) is 29.4 Å². The van der Waals surface area contributed by atoms with Crippen LogP contribution in [0.25, 0.3) is 0 Å². The van der Waals surface area contributed by atoms with Crippen LogP contribution in [0.3, 0.4) is 0 Å². The largest absolute Gasteiger partial charge is 0.273 e. The van der Waals surface area contributed by atoms with Crippen LogP contribution in [0.5, 0.6) is 0 Å². The minimum atomic E-state index is 0.124. The SMILES string of the molecule is CCCN=C1SCC(=O)N1c1ccccc1C. The van der Waals surface area contributed by atoms with Gasteiger partial charge >= 0.3 is 0 Å². The topological polar surface area (TPSA) is 32.7 Å². The van der Waals surface area contributed by atoms with E-state index in [0.29, 0.717) is 5.75 Å². The van der Waals surface area contributed by atoms with E-state index < -0.39 is 0 Å². The van der Waals surface area contributed by atoms with Crippen LogP contribution in [-0.2, 0) is 4.79 Å². The Bertz CT molecular complexity index is 456. The molecule has 0 radical (unpaired) electrons. The van der Waals surface area contributed by atoms with Crippen LogP contribution in [0, 0.1) is 6.92 Å². The Balaban J connectivity index is 2.34. The van der Waals surface area contributed by atoms with Crippen molar-refractivity contribution in [2.45, 2.75) is 20.3 Å². The number of amidine groups is 1. The third-order valence-electron chi connectivity index (χ3n) is 2.59. The third kappa shape index (κ3) is 2.52. The van der Waals surface area contributed by atoms with Crippen molar-refractivity contribution in [2.75, 3.05) is 17.2 Å². The average Bonchev–Trinajstić information content (AvgIpc) is 2.69. The number of carbonyl (C=O) groups excluding carboxylic acids is 1. The summed E-state index contributed by atoms with van der Waals surface area (Å²) in [4.78, 5) is 18.1. The number of anilines is 1. The summed E-state index contributed by atoms with van der Waals surface area (Å²) in [5.74, 6) is 0.621. The first-order valence-corrected chi connectivity index (χ1v) is 6.78. The van der Waals surface area contributed by atoms with Crippen molar-refractivity contribution < 1.29 is 4.79 Å². The van der Waals surface area contributed by atoms with Crippen LogP contribution in [0.4, 0.5) is 5.69 Å². The van der Waals surface area contributed by atoms with Crippen molar-refractivity contribution >= 4 is 28.5 Å². The number of thioether (sulfide) groups is 1. The highest BCUT2D eigenvalue weighted by Gasteiger charge is 2.30. The number of amides is 1. The van der Waals surface area contributed by atoms with Gasteiger partial charge in [0.2, 0.25) is 5.91 Å². The molecule has 0 saturated carbocycles. The summed E-state index contributed by atoms with van der Waals surface area (Å²) in [6, 6.07) is 7.93. The number of aliphatic imine (C=N–C) groups is 1. The van der Waals surface area contributed by atoms with Crippen molar-refractivity contribution in [1.29, 1.82) is 0 Å². The van der Waals surface area contributed by atoms with Crippen molar-refractivity contribution in [3.05, 3.63) is 29.8 Å². The molecule has 1 aromatic carbocycles. The Morgan fingerprint density at radius 2 is 2.18 bits per heavy atom. The molecule has 1 aliphatic rings. The van der Waals surface area contributed by atoms with Gasteiger partial charge in [0.05, 0.1) is 11.4 Å². The molecule has 0 atom stereocenters. The van der Waals surface area contributed by atoms with Gasteiger partial charge in [-0.15, -0.1) is 0 Å². The first-order valence-electron chi connectivity index (χ1n) is 5.80. The van der Waals surface area contributed by atoms with E-state index in [1.54, 1.807) is 4.90 Å². The van der Waals surface area contributed by atoms with Crippen molar-refractivity contribution in [3.8, 4) is 0 Å². The van der Waals surface area contributed by atoms with Crippen LogP contribution in [-0.4, -0.2) is 23.4 Å². The van der Waals surface area contributed by atoms with Gasteiger partial charge in [0.15, 0.2) is 5.17 Å². The average molecular weight is 248 g/mol. The number of rotatable bonds is 3. The van der Waals surface area contributed by atoms with Crippen LogP contribution in [0.15, 0.2) is 29.3 Å². The molecule has 1 amide bonds. The molecular formula is C13H16N2OS. The van der Waals surface area contributed by atoms with E-state index in [9.17, 15) is 4.79 Å². The van der Waals surface area contributed by atoms with Crippen LogP contribution < -0.4 is 4.90 Å². The van der Waals surface area contributed by atoms with Gasteiger partial charge in [-0.05, 0) is 25.0 Å². The molecule has 2 rings (SSSR count). The minimum Gasteiger partial charge on any atom is -0.273 e. The molecule has 1 aromatic rings. The molecule has 0 N–H and O–H groups in total. The summed E-state index contributed by atoms with van der Waals surface area (Å²) in [5, 5.41) is 0.839. The predicted octanol–water partition coefficient (Wildman–Crippen LogP) is 2.84. The van der Waals surface area contributed by atoms with Crippen molar-refractivity contribution in [1.82, 2.24) is 0 Å². The van der Waals surface area contributed by atoms with Crippen molar-refractivity contribution in [2.24, 2.45) is 4.99 Å². The molecule has 90 valence electrons. The first kappa shape index (κ1) is 12.2. The van der Waals surface area contributed by atoms with E-state index in [1.807, 2.05) is 31.2 Å². The number of aryl methyl sites for hydroxylation is 1. The fraction of sp³-hybridized carbons (Fsp3) is 0.385. The Labute approximate surface area is 106 Å². The van der Waals surface area contributed by atoms with Gasteiger partial charge in [0.25, 0.3) is 0 Å². The summed E-state index contributed by atoms with van der Waals surface area (Å²) >= 11 is 1.53. The molecule has 0 bridgehead atoms. The second-order valence-corrected chi connectivity index (χ2v) is 4.91. The smallest absolute Gasteiger partial charge is 0.243 e. The lowest BCUT2D eigenvalue weighted by atomic mass is 10.2. The van der Waals surface area contributed by atoms with Gasteiger partial charge < -0.3 is 0 Å². The standard InChI is InChI=1S/C13H16N2OS/c1-3-8-14-13-15(12(16)9-17-13)11-7-5-4-6-10(11)2/h4-7H,3,8-9H2,1-2H3. The van der Waals surface area contributed by atoms with Gasteiger partial charge in [-0.2, -0.15) is 0 Å². The first-order chi connectivity index (χ1) is 8.24. The normalized spacial score (nSPS) is 18.1. The Kier molecular flexibility index (Phi) is 3.84. The lowest BCUT2D eigenvalue weighted by Gasteiger charge is -2.18. The highest BCUT2D eigenvalue weighted by atomic mass is 32.2. The predicted molar refractivity (Wildman–Crippen MR) is 73.7 cm³/mol. The number of hydrogen-bond donors (Lipinski definition) is 0. The van der Waals surface area contributed by atoms with E-state index in [1.165, 1.54) is 11.8 Å². The highest BCUT2D eigenvalue weighted by Crippen LogP contribution is 2.28. The Morgan fingerprint density at radius 3 is 2.88 bits per heavy atom. The monoisotopic (exact) mass is 248 g/mol. The van der Waals surface area contributed by atoms with E-state index in [2.05, 4.69) is 11.9 Å². The van der Waals surface area contributed by atoms with E-state index in [-0.39, 0.29) is 5.91 Å². The van der Waals surface area contributed by atoms with Gasteiger partial charge in [0.1, 0.15) is 0 Å².